The molecule has 2 aromatic carbocycles. The molecular formula is C16H13F2NO2. The first kappa shape index (κ1) is 13.5. The predicted molar refractivity (Wildman–Crippen MR) is 74.1 cm³/mol. The summed E-state index contributed by atoms with van der Waals surface area (Å²) in [5.74, 6) is -2.27. The highest BCUT2D eigenvalue weighted by molar-refractivity contribution is 5.82. The lowest BCUT2D eigenvalue weighted by Crippen LogP contribution is -2.38. The minimum Gasteiger partial charge on any atom is -0.480 e. The summed E-state index contributed by atoms with van der Waals surface area (Å²) in [6, 6.07) is 9.91. The molecule has 1 aliphatic rings. The summed E-state index contributed by atoms with van der Waals surface area (Å²) in [6.07, 6.45) is 0.392. The molecule has 1 heterocycles. The van der Waals surface area contributed by atoms with Gasteiger partial charge < -0.3 is 10.0 Å². The van der Waals surface area contributed by atoms with Gasteiger partial charge in [-0.3, -0.25) is 0 Å². The Labute approximate surface area is 120 Å². The van der Waals surface area contributed by atoms with Gasteiger partial charge in [-0.25, -0.2) is 13.6 Å². The molecule has 1 aliphatic heterocycles. The number of hydrogen-bond acceptors (Lipinski definition) is 2. The summed E-state index contributed by atoms with van der Waals surface area (Å²) in [5.41, 5.74) is 2.15. The molecule has 0 radical (unpaired) electrons. The van der Waals surface area contributed by atoms with Gasteiger partial charge in [0.25, 0.3) is 0 Å². The Morgan fingerprint density at radius 3 is 2.52 bits per heavy atom. The number of para-hydroxylation sites is 1. The number of rotatable bonds is 3. The SMILES string of the molecule is O=C(O)C1Cc2ccccc2N1Cc1cc(F)cc(F)c1. The summed E-state index contributed by atoms with van der Waals surface area (Å²) in [6.45, 7) is 0.155. The number of fused-ring (bicyclic) bond motifs is 1. The van der Waals surface area contributed by atoms with Gasteiger partial charge in [-0.1, -0.05) is 18.2 Å². The highest BCUT2D eigenvalue weighted by Gasteiger charge is 2.34. The maximum atomic E-state index is 13.3. The van der Waals surface area contributed by atoms with Crippen molar-refractivity contribution in [3.63, 3.8) is 0 Å². The lowest BCUT2D eigenvalue weighted by molar-refractivity contribution is -0.138. The van der Waals surface area contributed by atoms with E-state index >= 15 is 0 Å². The average Bonchev–Trinajstić information content (AvgIpc) is 2.77. The number of anilines is 1. The number of nitrogens with zero attached hydrogens (tertiary/aromatic N) is 1. The molecule has 0 bridgehead atoms. The van der Waals surface area contributed by atoms with Crippen LogP contribution >= 0.6 is 0 Å². The predicted octanol–water partition coefficient (Wildman–Crippen LogP) is 2.98. The zero-order chi connectivity index (χ0) is 15.0. The van der Waals surface area contributed by atoms with Crippen molar-refractivity contribution >= 4 is 11.7 Å². The quantitative estimate of drug-likeness (QED) is 0.944. The van der Waals surface area contributed by atoms with Crippen LogP contribution in [0.1, 0.15) is 11.1 Å². The number of carbonyl (C=O) groups is 1. The molecular weight excluding hydrogens is 276 g/mol. The summed E-state index contributed by atoms with van der Waals surface area (Å²) < 4.78 is 26.6. The van der Waals surface area contributed by atoms with Gasteiger partial charge in [0.1, 0.15) is 17.7 Å². The first-order valence-corrected chi connectivity index (χ1v) is 6.57. The molecule has 0 aliphatic carbocycles. The average molecular weight is 289 g/mol. The third-order valence-electron chi connectivity index (χ3n) is 3.65. The molecule has 1 N–H and O–H groups in total. The van der Waals surface area contributed by atoms with Crippen LogP contribution in [0.15, 0.2) is 42.5 Å². The molecule has 108 valence electrons. The molecule has 2 aromatic rings. The van der Waals surface area contributed by atoms with Crippen molar-refractivity contribution in [2.45, 2.75) is 19.0 Å². The maximum absolute atomic E-state index is 13.3. The largest absolute Gasteiger partial charge is 0.480 e. The van der Waals surface area contributed by atoms with Crippen LogP contribution in [-0.4, -0.2) is 17.1 Å². The highest BCUT2D eigenvalue weighted by Crippen LogP contribution is 2.33. The lowest BCUT2D eigenvalue weighted by atomic mass is 10.1. The number of halogens is 2. The Balaban J connectivity index is 1.96. The fourth-order valence-electron chi connectivity index (χ4n) is 2.76. The van der Waals surface area contributed by atoms with E-state index in [0.29, 0.717) is 12.0 Å². The molecule has 1 unspecified atom stereocenters. The minimum absolute atomic E-state index is 0.155. The van der Waals surface area contributed by atoms with Gasteiger partial charge in [-0.2, -0.15) is 0 Å². The Morgan fingerprint density at radius 2 is 1.86 bits per heavy atom. The monoisotopic (exact) mass is 289 g/mol. The van der Waals surface area contributed by atoms with Gasteiger partial charge in [-0.05, 0) is 29.3 Å². The zero-order valence-corrected chi connectivity index (χ0v) is 11.1. The number of carboxylic acids is 1. The lowest BCUT2D eigenvalue weighted by Gasteiger charge is -2.24. The molecule has 0 saturated heterocycles. The zero-order valence-electron chi connectivity index (χ0n) is 11.1. The van der Waals surface area contributed by atoms with Crippen LogP contribution < -0.4 is 4.90 Å². The van der Waals surface area contributed by atoms with Gasteiger partial charge in [-0.15, -0.1) is 0 Å². The Hall–Kier alpha value is -2.43. The van der Waals surface area contributed by atoms with E-state index in [0.717, 1.165) is 17.3 Å². The van der Waals surface area contributed by atoms with Gasteiger partial charge in [0.15, 0.2) is 0 Å². The van der Waals surface area contributed by atoms with Gasteiger partial charge in [0.2, 0.25) is 0 Å². The second-order valence-corrected chi connectivity index (χ2v) is 5.09. The van der Waals surface area contributed by atoms with Crippen molar-refractivity contribution < 1.29 is 18.7 Å². The highest BCUT2D eigenvalue weighted by atomic mass is 19.1. The fraction of sp³-hybridized carbons (Fsp3) is 0.188. The van der Waals surface area contributed by atoms with E-state index in [9.17, 15) is 18.7 Å². The van der Waals surface area contributed by atoms with Crippen molar-refractivity contribution in [2.24, 2.45) is 0 Å². The van der Waals surface area contributed by atoms with Crippen LogP contribution in [-0.2, 0) is 17.8 Å². The van der Waals surface area contributed by atoms with Crippen molar-refractivity contribution in [2.75, 3.05) is 4.90 Å². The molecule has 3 nitrogen and oxygen atoms in total. The summed E-state index contributed by atoms with van der Waals surface area (Å²) in [4.78, 5) is 13.1. The van der Waals surface area contributed by atoms with Crippen molar-refractivity contribution in [1.82, 2.24) is 0 Å². The number of benzene rings is 2. The summed E-state index contributed by atoms with van der Waals surface area (Å²) >= 11 is 0. The normalized spacial score (nSPS) is 16.9. The van der Waals surface area contributed by atoms with E-state index < -0.39 is 23.6 Å². The third kappa shape index (κ3) is 2.59. The van der Waals surface area contributed by atoms with E-state index in [2.05, 4.69) is 0 Å². The second kappa shape index (κ2) is 5.16. The van der Waals surface area contributed by atoms with Gasteiger partial charge in [0.05, 0.1) is 0 Å². The third-order valence-corrected chi connectivity index (χ3v) is 3.65. The second-order valence-electron chi connectivity index (χ2n) is 5.09. The van der Waals surface area contributed by atoms with E-state index in [1.54, 1.807) is 4.90 Å². The minimum atomic E-state index is -0.942. The van der Waals surface area contributed by atoms with Crippen LogP contribution in [0.2, 0.25) is 0 Å². The first-order valence-electron chi connectivity index (χ1n) is 6.57. The topological polar surface area (TPSA) is 40.5 Å². The summed E-state index contributed by atoms with van der Waals surface area (Å²) in [5, 5.41) is 9.35. The van der Waals surface area contributed by atoms with Crippen molar-refractivity contribution in [3.8, 4) is 0 Å². The standard InChI is InChI=1S/C16H13F2NO2/c17-12-5-10(6-13(18)8-12)9-19-14-4-2-1-3-11(14)7-15(19)16(20)21/h1-6,8,15H,7,9H2,(H,20,21). The van der Waals surface area contributed by atoms with E-state index in [1.807, 2.05) is 24.3 Å². The van der Waals surface area contributed by atoms with Crippen LogP contribution in [0.25, 0.3) is 0 Å². The van der Waals surface area contributed by atoms with E-state index in [1.165, 1.54) is 12.1 Å². The molecule has 1 atom stereocenters. The van der Waals surface area contributed by atoms with Gasteiger partial charge in [0, 0.05) is 24.7 Å². The molecule has 21 heavy (non-hydrogen) atoms. The number of carboxylic acid groups (broad SMARTS) is 1. The van der Waals surface area contributed by atoms with Crippen LogP contribution in [0.3, 0.4) is 0 Å². The first-order chi connectivity index (χ1) is 10.0. The molecule has 0 amide bonds. The Morgan fingerprint density at radius 1 is 1.19 bits per heavy atom. The maximum Gasteiger partial charge on any atom is 0.326 e. The summed E-state index contributed by atoms with van der Waals surface area (Å²) in [7, 11) is 0. The number of aliphatic carboxylic acids is 1. The molecule has 3 rings (SSSR count). The van der Waals surface area contributed by atoms with Crippen molar-refractivity contribution in [1.29, 1.82) is 0 Å². The van der Waals surface area contributed by atoms with Crippen molar-refractivity contribution in [3.05, 3.63) is 65.2 Å². The van der Waals surface area contributed by atoms with E-state index in [-0.39, 0.29) is 6.54 Å². The smallest absolute Gasteiger partial charge is 0.326 e. The molecule has 0 spiro atoms. The molecule has 0 fully saturated rings. The van der Waals surface area contributed by atoms with Crippen LogP contribution in [0.5, 0.6) is 0 Å². The Kier molecular flexibility index (Phi) is 3.33. The van der Waals surface area contributed by atoms with E-state index in [4.69, 9.17) is 0 Å². The van der Waals surface area contributed by atoms with Gasteiger partial charge >= 0.3 is 5.97 Å². The van der Waals surface area contributed by atoms with Crippen LogP contribution in [0.4, 0.5) is 14.5 Å². The molecule has 5 heteroatoms. The molecule has 0 aromatic heterocycles. The Bertz CT molecular complexity index is 682. The van der Waals surface area contributed by atoms with Crippen LogP contribution in [0, 0.1) is 11.6 Å². The number of hydrogen-bond donors (Lipinski definition) is 1. The fourth-order valence-corrected chi connectivity index (χ4v) is 2.76. The molecule has 0 saturated carbocycles.